The summed E-state index contributed by atoms with van der Waals surface area (Å²) in [4.78, 5) is 34.3. The molecule has 0 unspecified atom stereocenters. The Morgan fingerprint density at radius 3 is 2.42 bits per heavy atom. The predicted molar refractivity (Wildman–Crippen MR) is 91.7 cm³/mol. The number of carboxylic acids is 1. The van der Waals surface area contributed by atoms with Gasteiger partial charge in [0, 0.05) is 12.1 Å². The van der Waals surface area contributed by atoms with E-state index >= 15 is 0 Å². The number of nitrogens with zero attached hydrogens (tertiary/aromatic N) is 1. The van der Waals surface area contributed by atoms with Crippen molar-refractivity contribution in [1.82, 2.24) is 5.32 Å². The highest BCUT2D eigenvalue weighted by atomic mass is 16.6. The molecule has 0 aliphatic heterocycles. The molecule has 2 rings (SSSR count). The van der Waals surface area contributed by atoms with Crippen LogP contribution in [0.25, 0.3) is 0 Å². The minimum atomic E-state index is -0.832. The van der Waals surface area contributed by atoms with E-state index in [1.165, 1.54) is 19.2 Å². The van der Waals surface area contributed by atoms with E-state index in [0.717, 1.165) is 0 Å². The van der Waals surface area contributed by atoms with Gasteiger partial charge in [0.15, 0.2) is 11.5 Å². The Kier molecular flexibility index (Phi) is 6.37. The number of hydrogen-bond donors (Lipinski definition) is 2. The number of methoxy groups -OCH3 is 1. The summed E-state index contributed by atoms with van der Waals surface area (Å²) in [5.41, 5.74) is -0.485. The smallest absolute Gasteiger partial charge is 0.306 e. The molecule has 1 aromatic rings. The largest absolute Gasteiger partial charge is 0.493 e. The lowest BCUT2D eigenvalue weighted by Gasteiger charge is -2.26. The second-order valence-electron chi connectivity index (χ2n) is 6.07. The molecule has 9 heteroatoms. The van der Waals surface area contributed by atoms with Crippen molar-refractivity contribution in [3.8, 4) is 11.5 Å². The van der Waals surface area contributed by atoms with Crippen LogP contribution in [0.5, 0.6) is 11.5 Å². The van der Waals surface area contributed by atoms with Crippen LogP contribution in [-0.2, 0) is 4.79 Å². The van der Waals surface area contributed by atoms with Crippen molar-refractivity contribution >= 4 is 17.6 Å². The maximum Gasteiger partial charge on any atom is 0.306 e. The lowest BCUT2D eigenvalue weighted by molar-refractivity contribution is -0.385. The van der Waals surface area contributed by atoms with Crippen molar-refractivity contribution in [3.05, 3.63) is 27.8 Å². The van der Waals surface area contributed by atoms with Gasteiger partial charge in [-0.15, -0.1) is 0 Å². The van der Waals surface area contributed by atoms with E-state index in [9.17, 15) is 19.7 Å². The van der Waals surface area contributed by atoms with Gasteiger partial charge in [-0.2, -0.15) is 0 Å². The molecule has 0 aromatic heterocycles. The van der Waals surface area contributed by atoms with Gasteiger partial charge in [-0.05, 0) is 32.6 Å². The lowest BCUT2D eigenvalue weighted by atomic mass is 9.86. The zero-order valence-electron chi connectivity index (χ0n) is 14.7. The molecule has 1 aliphatic carbocycles. The van der Waals surface area contributed by atoms with Gasteiger partial charge >= 0.3 is 5.97 Å². The van der Waals surface area contributed by atoms with E-state index in [0.29, 0.717) is 32.3 Å². The molecule has 1 saturated carbocycles. The molecule has 0 saturated heterocycles. The molecule has 1 aliphatic rings. The van der Waals surface area contributed by atoms with Gasteiger partial charge in [-0.1, -0.05) is 0 Å². The summed E-state index contributed by atoms with van der Waals surface area (Å²) in [6.45, 7) is 2.07. The minimum Gasteiger partial charge on any atom is -0.493 e. The summed E-state index contributed by atoms with van der Waals surface area (Å²) in [6, 6.07) is 2.26. The number of nitro groups is 1. The number of amides is 1. The Balaban J connectivity index is 2.20. The van der Waals surface area contributed by atoms with Gasteiger partial charge in [-0.25, -0.2) is 0 Å². The molecule has 1 aromatic carbocycles. The van der Waals surface area contributed by atoms with Crippen LogP contribution in [0.3, 0.4) is 0 Å². The molecule has 142 valence electrons. The number of hydrogen-bond acceptors (Lipinski definition) is 6. The maximum absolute atomic E-state index is 12.6. The van der Waals surface area contributed by atoms with Crippen molar-refractivity contribution in [1.29, 1.82) is 0 Å². The van der Waals surface area contributed by atoms with E-state index in [1.54, 1.807) is 6.92 Å². The number of ether oxygens (including phenoxy) is 2. The first-order valence-corrected chi connectivity index (χ1v) is 8.40. The number of benzene rings is 1. The van der Waals surface area contributed by atoms with Crippen LogP contribution >= 0.6 is 0 Å². The molecule has 0 atom stereocenters. The highest BCUT2D eigenvalue weighted by molar-refractivity contribution is 5.99. The average Bonchev–Trinajstić information content (AvgIpc) is 2.61. The number of rotatable bonds is 7. The third-order valence-electron chi connectivity index (χ3n) is 4.43. The number of aliphatic carboxylic acids is 1. The number of carbonyl (C=O) groups excluding carboxylic acids is 1. The van der Waals surface area contributed by atoms with Crippen LogP contribution in [0.4, 0.5) is 5.69 Å². The second-order valence-corrected chi connectivity index (χ2v) is 6.07. The third kappa shape index (κ3) is 4.41. The van der Waals surface area contributed by atoms with Gasteiger partial charge in [0.25, 0.3) is 11.6 Å². The SMILES string of the molecule is CCOc1cc(C(=O)NC2CCC(C(=O)O)CC2)c([N+](=O)[O-])cc1OC. The van der Waals surface area contributed by atoms with E-state index < -0.39 is 22.7 Å². The monoisotopic (exact) mass is 366 g/mol. The zero-order valence-corrected chi connectivity index (χ0v) is 14.7. The zero-order chi connectivity index (χ0) is 19.3. The number of carboxylic acid groups (broad SMARTS) is 1. The molecule has 0 heterocycles. The van der Waals surface area contributed by atoms with Crippen LogP contribution in [0.2, 0.25) is 0 Å². The van der Waals surface area contributed by atoms with Crippen LogP contribution in [0.15, 0.2) is 12.1 Å². The lowest BCUT2D eigenvalue weighted by Crippen LogP contribution is -2.39. The summed E-state index contributed by atoms with van der Waals surface area (Å²) in [7, 11) is 1.36. The van der Waals surface area contributed by atoms with Crippen LogP contribution in [0.1, 0.15) is 43.0 Å². The van der Waals surface area contributed by atoms with Crippen molar-refractivity contribution < 1.29 is 29.1 Å². The van der Waals surface area contributed by atoms with E-state index in [1.807, 2.05) is 0 Å². The third-order valence-corrected chi connectivity index (χ3v) is 4.43. The summed E-state index contributed by atoms with van der Waals surface area (Å²) >= 11 is 0. The molecule has 9 nitrogen and oxygen atoms in total. The summed E-state index contributed by atoms with van der Waals surface area (Å²) in [5, 5.41) is 23.1. The molecule has 1 amide bonds. The molecular weight excluding hydrogens is 344 g/mol. The molecule has 0 radical (unpaired) electrons. The van der Waals surface area contributed by atoms with E-state index in [-0.39, 0.29) is 28.8 Å². The molecular formula is C17H22N2O7. The van der Waals surface area contributed by atoms with Crippen LogP contribution in [0, 0.1) is 16.0 Å². The average molecular weight is 366 g/mol. The Bertz CT molecular complexity index is 697. The molecule has 26 heavy (non-hydrogen) atoms. The van der Waals surface area contributed by atoms with E-state index in [2.05, 4.69) is 5.32 Å². The van der Waals surface area contributed by atoms with Gasteiger partial charge in [-0.3, -0.25) is 19.7 Å². The standard InChI is InChI=1S/C17H22N2O7/c1-3-26-15-8-12(13(19(23)24)9-14(15)25-2)16(20)18-11-6-4-10(5-7-11)17(21)22/h8-11H,3-7H2,1-2H3,(H,18,20)(H,21,22). The highest BCUT2D eigenvalue weighted by Crippen LogP contribution is 2.35. The fourth-order valence-corrected chi connectivity index (χ4v) is 3.06. The topological polar surface area (TPSA) is 128 Å². The normalized spacial score (nSPS) is 19.5. The number of carbonyl (C=O) groups is 2. The minimum absolute atomic E-state index is 0.111. The van der Waals surface area contributed by atoms with Crippen molar-refractivity contribution in [2.45, 2.75) is 38.6 Å². The molecule has 1 fully saturated rings. The van der Waals surface area contributed by atoms with Crippen molar-refractivity contribution in [3.63, 3.8) is 0 Å². The van der Waals surface area contributed by atoms with Gasteiger partial charge in [0.05, 0.1) is 30.6 Å². The Hall–Kier alpha value is -2.84. The van der Waals surface area contributed by atoms with Crippen molar-refractivity contribution in [2.75, 3.05) is 13.7 Å². The fourth-order valence-electron chi connectivity index (χ4n) is 3.06. The maximum atomic E-state index is 12.6. The van der Waals surface area contributed by atoms with Gasteiger partial charge in [0.2, 0.25) is 0 Å². The summed E-state index contributed by atoms with van der Waals surface area (Å²) in [6.07, 6.45) is 1.97. The number of nitrogens with one attached hydrogen (secondary N) is 1. The molecule has 0 spiro atoms. The molecule has 0 bridgehead atoms. The summed E-state index contributed by atoms with van der Waals surface area (Å²) < 4.78 is 10.5. The predicted octanol–water partition coefficient (Wildman–Crippen LogP) is 2.38. The molecule has 2 N–H and O–H groups in total. The van der Waals surface area contributed by atoms with E-state index in [4.69, 9.17) is 14.6 Å². The Morgan fingerprint density at radius 1 is 1.27 bits per heavy atom. The van der Waals surface area contributed by atoms with Gasteiger partial charge in [0.1, 0.15) is 5.56 Å². The van der Waals surface area contributed by atoms with Gasteiger partial charge < -0.3 is 19.9 Å². The highest BCUT2D eigenvalue weighted by Gasteiger charge is 2.29. The summed E-state index contributed by atoms with van der Waals surface area (Å²) in [5.74, 6) is -1.39. The first kappa shape index (κ1) is 19.5. The second kappa shape index (κ2) is 8.50. The van der Waals surface area contributed by atoms with Crippen LogP contribution in [-0.4, -0.2) is 41.7 Å². The van der Waals surface area contributed by atoms with Crippen LogP contribution < -0.4 is 14.8 Å². The fraction of sp³-hybridized carbons (Fsp3) is 0.529. The quantitative estimate of drug-likeness (QED) is 0.560. The Morgan fingerprint density at radius 2 is 1.92 bits per heavy atom. The van der Waals surface area contributed by atoms with Crippen molar-refractivity contribution in [2.24, 2.45) is 5.92 Å². The first-order valence-electron chi connectivity index (χ1n) is 8.40. The number of nitro benzene ring substituents is 1. The first-order chi connectivity index (χ1) is 12.4. The Labute approximate surface area is 150 Å².